The van der Waals surface area contributed by atoms with Crippen LogP contribution in [0.5, 0.6) is 0 Å². The van der Waals surface area contributed by atoms with E-state index in [2.05, 4.69) is 5.32 Å². The molecule has 0 radical (unpaired) electrons. The zero-order valence-corrected chi connectivity index (χ0v) is 16.3. The lowest BCUT2D eigenvalue weighted by molar-refractivity contribution is -0.394. The Morgan fingerprint density at radius 3 is 2.10 bits per heavy atom. The average Bonchev–Trinajstić information content (AvgIpc) is 2.97. The largest absolute Gasteiger partial charge is 0.462 e. The number of nitrogens with one attached hydrogen (secondary N) is 1. The molecule has 1 heterocycles. The number of nitrogens with zero attached hydrogens (tertiary/aromatic N) is 2. The van der Waals surface area contributed by atoms with E-state index >= 15 is 0 Å². The van der Waals surface area contributed by atoms with Crippen LogP contribution in [-0.2, 0) is 4.74 Å². The Kier molecular flexibility index (Phi) is 6.38. The third kappa shape index (κ3) is 4.60. The molecule has 0 aliphatic heterocycles. The van der Waals surface area contributed by atoms with Crippen molar-refractivity contribution in [2.45, 2.75) is 20.8 Å². The predicted molar refractivity (Wildman–Crippen MR) is 103 cm³/mol. The number of ether oxygens (including phenoxy) is 1. The molecule has 12 heteroatoms. The van der Waals surface area contributed by atoms with Gasteiger partial charge in [0.2, 0.25) is 0 Å². The maximum absolute atomic E-state index is 12.6. The van der Waals surface area contributed by atoms with E-state index in [1.54, 1.807) is 6.92 Å². The number of amides is 1. The van der Waals surface area contributed by atoms with Gasteiger partial charge in [0, 0.05) is 12.1 Å². The molecule has 0 spiro atoms. The standard InChI is InChI=1S/C17H15N3O8S/c1-4-28-17(23)13-8(2)14(9(3)21)29-16(13)18-15(22)10-5-11(19(24)25)7-12(6-10)20(26)27/h5-7H,4H2,1-3H3,(H,18,22). The Morgan fingerprint density at radius 1 is 1.10 bits per heavy atom. The molecule has 1 N–H and O–H groups in total. The van der Waals surface area contributed by atoms with E-state index in [1.807, 2.05) is 0 Å². The van der Waals surface area contributed by atoms with E-state index in [-0.39, 0.29) is 33.4 Å². The van der Waals surface area contributed by atoms with Crippen molar-refractivity contribution in [1.29, 1.82) is 0 Å². The second kappa shape index (κ2) is 8.56. The first kappa shape index (κ1) is 21.6. The lowest BCUT2D eigenvalue weighted by Crippen LogP contribution is -2.15. The highest BCUT2D eigenvalue weighted by Gasteiger charge is 2.27. The quantitative estimate of drug-likeness (QED) is 0.308. The lowest BCUT2D eigenvalue weighted by Gasteiger charge is -2.07. The third-order valence-electron chi connectivity index (χ3n) is 3.76. The number of ketones is 1. The smallest absolute Gasteiger partial charge is 0.341 e. The van der Waals surface area contributed by atoms with Gasteiger partial charge in [0.25, 0.3) is 17.3 Å². The van der Waals surface area contributed by atoms with Crippen LogP contribution in [0.15, 0.2) is 18.2 Å². The summed E-state index contributed by atoms with van der Waals surface area (Å²) in [5, 5.41) is 24.4. The maximum Gasteiger partial charge on any atom is 0.341 e. The van der Waals surface area contributed by atoms with Crippen molar-refractivity contribution in [2.24, 2.45) is 0 Å². The highest BCUT2D eigenvalue weighted by atomic mass is 32.1. The molecule has 29 heavy (non-hydrogen) atoms. The number of rotatable bonds is 7. The molecular weight excluding hydrogens is 406 g/mol. The first-order valence-electron chi connectivity index (χ1n) is 8.13. The number of non-ortho nitro benzene ring substituents is 2. The second-order valence-corrected chi connectivity index (χ2v) is 6.76. The third-order valence-corrected chi connectivity index (χ3v) is 5.07. The summed E-state index contributed by atoms with van der Waals surface area (Å²) in [6.45, 7) is 4.47. The fraction of sp³-hybridized carbons (Fsp3) is 0.235. The van der Waals surface area contributed by atoms with Crippen molar-refractivity contribution in [2.75, 3.05) is 11.9 Å². The Morgan fingerprint density at radius 2 is 1.66 bits per heavy atom. The van der Waals surface area contributed by atoms with Crippen LogP contribution >= 0.6 is 11.3 Å². The summed E-state index contributed by atoms with van der Waals surface area (Å²) in [6, 6.07) is 2.47. The molecular formula is C17H15N3O8S. The van der Waals surface area contributed by atoms with Gasteiger partial charge in [-0.15, -0.1) is 11.3 Å². The SMILES string of the molecule is CCOC(=O)c1c(NC(=O)c2cc([N+](=O)[O-])cc([N+](=O)[O-])c2)sc(C(C)=O)c1C. The van der Waals surface area contributed by atoms with Gasteiger partial charge in [-0.25, -0.2) is 4.79 Å². The van der Waals surface area contributed by atoms with E-state index in [0.717, 1.165) is 29.5 Å². The van der Waals surface area contributed by atoms with E-state index < -0.39 is 33.1 Å². The van der Waals surface area contributed by atoms with E-state index in [9.17, 15) is 34.6 Å². The molecule has 1 aromatic carbocycles. The van der Waals surface area contributed by atoms with Crippen molar-refractivity contribution < 1.29 is 29.0 Å². The van der Waals surface area contributed by atoms with Crippen molar-refractivity contribution in [3.63, 3.8) is 0 Å². The first-order valence-corrected chi connectivity index (χ1v) is 8.95. The van der Waals surface area contributed by atoms with Crippen molar-refractivity contribution in [3.05, 3.63) is 60.0 Å². The molecule has 1 aromatic heterocycles. The number of esters is 1. The number of anilines is 1. The maximum atomic E-state index is 12.6. The number of benzene rings is 1. The van der Waals surface area contributed by atoms with E-state index in [0.29, 0.717) is 5.56 Å². The number of nitro benzene ring substituents is 2. The molecule has 0 atom stereocenters. The van der Waals surface area contributed by atoms with E-state index in [4.69, 9.17) is 4.74 Å². The van der Waals surface area contributed by atoms with Crippen LogP contribution in [0.4, 0.5) is 16.4 Å². The zero-order valence-electron chi connectivity index (χ0n) is 15.5. The number of hydrogen-bond acceptors (Lipinski definition) is 9. The minimum atomic E-state index is -0.918. The number of carbonyl (C=O) groups is 3. The highest BCUT2D eigenvalue weighted by molar-refractivity contribution is 7.18. The average molecular weight is 421 g/mol. The Balaban J connectivity index is 2.51. The van der Waals surface area contributed by atoms with Gasteiger partial charge in [0.15, 0.2) is 5.78 Å². The fourth-order valence-corrected chi connectivity index (χ4v) is 3.58. The van der Waals surface area contributed by atoms with Gasteiger partial charge >= 0.3 is 5.97 Å². The van der Waals surface area contributed by atoms with Gasteiger partial charge in [-0.2, -0.15) is 0 Å². The van der Waals surface area contributed by atoms with Crippen molar-refractivity contribution in [1.82, 2.24) is 0 Å². The summed E-state index contributed by atoms with van der Waals surface area (Å²) < 4.78 is 4.96. The molecule has 11 nitrogen and oxygen atoms in total. The Labute approximate surface area is 167 Å². The number of hydrogen-bond donors (Lipinski definition) is 1. The zero-order chi connectivity index (χ0) is 21.9. The number of nitro groups is 2. The van der Waals surface area contributed by atoms with Gasteiger partial charge in [-0.3, -0.25) is 29.8 Å². The minimum absolute atomic E-state index is 0.00492. The summed E-state index contributed by atoms with van der Waals surface area (Å²) in [7, 11) is 0. The van der Waals surface area contributed by atoms with Crippen LogP contribution in [0, 0.1) is 27.2 Å². The Bertz CT molecular complexity index is 1010. The molecule has 0 bridgehead atoms. The van der Waals surface area contributed by atoms with Crippen LogP contribution < -0.4 is 5.32 Å². The van der Waals surface area contributed by atoms with Crippen LogP contribution in [0.2, 0.25) is 0 Å². The predicted octanol–water partition coefficient (Wildman–Crippen LogP) is 3.50. The highest BCUT2D eigenvalue weighted by Crippen LogP contribution is 2.34. The normalized spacial score (nSPS) is 10.3. The number of thiophene rings is 1. The Hall–Kier alpha value is -3.67. The molecule has 0 saturated carbocycles. The second-order valence-electron chi connectivity index (χ2n) is 5.74. The van der Waals surface area contributed by atoms with Gasteiger partial charge < -0.3 is 10.1 Å². The van der Waals surface area contributed by atoms with Crippen LogP contribution in [0.25, 0.3) is 0 Å². The van der Waals surface area contributed by atoms with Crippen molar-refractivity contribution >= 4 is 45.4 Å². The molecule has 0 aliphatic rings. The monoisotopic (exact) mass is 421 g/mol. The minimum Gasteiger partial charge on any atom is -0.462 e. The fourth-order valence-electron chi connectivity index (χ4n) is 2.50. The van der Waals surface area contributed by atoms with Gasteiger partial charge in [-0.1, -0.05) is 0 Å². The first-order chi connectivity index (χ1) is 13.6. The summed E-state index contributed by atoms with van der Waals surface area (Å²) in [5.74, 6) is -2.00. The van der Waals surface area contributed by atoms with Gasteiger partial charge in [0.1, 0.15) is 5.00 Å². The molecule has 0 fully saturated rings. The molecule has 0 aliphatic carbocycles. The number of Topliss-reactive ketones (excluding diaryl/α,β-unsaturated/α-hetero) is 1. The molecule has 0 saturated heterocycles. The molecule has 152 valence electrons. The van der Waals surface area contributed by atoms with Gasteiger partial charge in [0.05, 0.1) is 38.5 Å². The van der Waals surface area contributed by atoms with Crippen molar-refractivity contribution in [3.8, 4) is 0 Å². The summed E-state index contributed by atoms with van der Waals surface area (Å²) in [5.41, 5.74) is -1.32. The molecule has 2 rings (SSSR count). The summed E-state index contributed by atoms with van der Waals surface area (Å²) in [4.78, 5) is 57.2. The summed E-state index contributed by atoms with van der Waals surface area (Å²) in [6.07, 6.45) is 0. The van der Waals surface area contributed by atoms with E-state index in [1.165, 1.54) is 13.8 Å². The number of carbonyl (C=O) groups excluding carboxylic acids is 3. The lowest BCUT2D eigenvalue weighted by atomic mass is 10.1. The van der Waals surface area contributed by atoms with Crippen LogP contribution in [0.3, 0.4) is 0 Å². The summed E-state index contributed by atoms with van der Waals surface area (Å²) >= 11 is 0.842. The van der Waals surface area contributed by atoms with Gasteiger partial charge in [-0.05, 0) is 26.3 Å². The topological polar surface area (TPSA) is 159 Å². The van der Waals surface area contributed by atoms with Crippen LogP contribution in [0.1, 0.15) is 49.8 Å². The molecule has 0 unspecified atom stereocenters. The van der Waals surface area contributed by atoms with Crippen LogP contribution in [-0.4, -0.2) is 34.1 Å². The molecule has 2 aromatic rings. The molecule has 1 amide bonds.